The summed E-state index contributed by atoms with van der Waals surface area (Å²) in [5.74, 6) is -0.222. The maximum absolute atomic E-state index is 11.1. The topological polar surface area (TPSA) is 70.0 Å². The van der Waals surface area contributed by atoms with E-state index in [4.69, 9.17) is 5.41 Å². The molecule has 0 aliphatic rings. The maximum Gasteiger partial charge on any atom is 0.224 e. The smallest absolute Gasteiger partial charge is 0.224 e. The van der Waals surface area contributed by atoms with Gasteiger partial charge < -0.3 is 10.7 Å². The van der Waals surface area contributed by atoms with Crippen molar-refractivity contribution in [3.63, 3.8) is 0 Å². The SMILES string of the molecule is C=C.CC(=O)CNC(=O)C/C=C\C=C/CC=N. The highest BCUT2D eigenvalue weighted by molar-refractivity contribution is 5.85. The number of hydrogen-bond acceptors (Lipinski definition) is 3. The van der Waals surface area contributed by atoms with E-state index >= 15 is 0 Å². The predicted molar refractivity (Wildman–Crippen MR) is 71.2 cm³/mol. The molecule has 4 heteroatoms. The zero-order valence-electron chi connectivity index (χ0n) is 10.2. The second-order valence-electron chi connectivity index (χ2n) is 2.98. The van der Waals surface area contributed by atoms with Crippen LogP contribution in [-0.4, -0.2) is 24.4 Å². The standard InChI is InChI=1S/C11H16N2O2.C2H4/c1-10(14)9-13-11(15)7-5-3-2-4-6-8-12;1-2/h2-5,8,12H,6-7,9H2,1H3,(H,13,15);1-2H2/b4-2-,5-3-,12-8?;. The van der Waals surface area contributed by atoms with Gasteiger partial charge >= 0.3 is 0 Å². The van der Waals surface area contributed by atoms with E-state index in [1.165, 1.54) is 13.1 Å². The number of ketones is 1. The lowest BCUT2D eigenvalue weighted by atomic mass is 10.3. The van der Waals surface area contributed by atoms with Gasteiger partial charge in [0, 0.05) is 12.8 Å². The third-order valence-electron chi connectivity index (χ3n) is 1.47. The Morgan fingerprint density at radius 2 is 1.82 bits per heavy atom. The maximum atomic E-state index is 11.1. The highest BCUT2D eigenvalue weighted by atomic mass is 16.2. The van der Waals surface area contributed by atoms with Gasteiger partial charge in [-0.25, -0.2) is 0 Å². The van der Waals surface area contributed by atoms with Crippen molar-refractivity contribution in [2.24, 2.45) is 0 Å². The van der Waals surface area contributed by atoms with Gasteiger partial charge in [0.15, 0.2) is 0 Å². The molecule has 4 nitrogen and oxygen atoms in total. The number of carbonyl (C=O) groups is 2. The Kier molecular flexibility index (Phi) is 14.4. The Morgan fingerprint density at radius 3 is 2.35 bits per heavy atom. The molecule has 0 aromatic carbocycles. The van der Waals surface area contributed by atoms with Crippen LogP contribution < -0.4 is 5.32 Å². The van der Waals surface area contributed by atoms with E-state index in [2.05, 4.69) is 18.5 Å². The first-order chi connectivity index (χ1) is 8.16. The molecule has 0 aromatic rings. The summed E-state index contributed by atoms with van der Waals surface area (Å²) < 4.78 is 0. The Labute approximate surface area is 103 Å². The van der Waals surface area contributed by atoms with Crippen LogP contribution in [0.1, 0.15) is 19.8 Å². The van der Waals surface area contributed by atoms with Gasteiger partial charge in [-0.15, -0.1) is 13.2 Å². The molecule has 0 spiro atoms. The molecule has 2 N–H and O–H groups in total. The van der Waals surface area contributed by atoms with E-state index in [1.807, 2.05) is 6.08 Å². The molecular formula is C13H20N2O2. The van der Waals surface area contributed by atoms with Gasteiger partial charge in [-0.05, 0) is 13.1 Å². The number of amides is 1. The van der Waals surface area contributed by atoms with Gasteiger partial charge in [0.25, 0.3) is 0 Å². The molecule has 94 valence electrons. The lowest BCUT2D eigenvalue weighted by molar-refractivity contribution is -0.123. The monoisotopic (exact) mass is 236 g/mol. The lowest BCUT2D eigenvalue weighted by Gasteiger charge is -1.98. The normalized spacial score (nSPS) is 9.71. The summed E-state index contributed by atoms with van der Waals surface area (Å²) >= 11 is 0. The molecule has 0 rings (SSSR count). The van der Waals surface area contributed by atoms with Crippen LogP contribution in [0.15, 0.2) is 37.5 Å². The third kappa shape index (κ3) is 16.7. The summed E-state index contributed by atoms with van der Waals surface area (Å²) in [5, 5.41) is 9.23. The minimum absolute atomic E-state index is 0.0572. The van der Waals surface area contributed by atoms with Crippen LogP contribution in [0.3, 0.4) is 0 Å². The third-order valence-corrected chi connectivity index (χ3v) is 1.47. The highest BCUT2D eigenvalue weighted by Crippen LogP contribution is 1.86. The molecule has 1 amide bonds. The van der Waals surface area contributed by atoms with E-state index in [9.17, 15) is 9.59 Å². The minimum atomic E-state index is -0.165. The molecule has 0 aliphatic carbocycles. The molecule has 0 aromatic heterocycles. The number of carbonyl (C=O) groups excluding carboxylic acids is 2. The number of hydrogen-bond donors (Lipinski definition) is 2. The van der Waals surface area contributed by atoms with Crippen LogP contribution in [-0.2, 0) is 9.59 Å². The second kappa shape index (κ2) is 14.0. The quantitative estimate of drug-likeness (QED) is 0.403. The lowest BCUT2D eigenvalue weighted by Crippen LogP contribution is -2.27. The van der Waals surface area contributed by atoms with Crippen molar-refractivity contribution in [2.75, 3.05) is 6.54 Å². The van der Waals surface area contributed by atoms with Gasteiger partial charge in [0.2, 0.25) is 5.91 Å². The first-order valence-electron chi connectivity index (χ1n) is 5.23. The fraction of sp³-hybridized carbons (Fsp3) is 0.308. The molecule has 0 heterocycles. The van der Waals surface area contributed by atoms with Crippen LogP contribution >= 0.6 is 0 Å². The zero-order valence-corrected chi connectivity index (χ0v) is 10.2. The Morgan fingerprint density at radius 1 is 1.24 bits per heavy atom. The van der Waals surface area contributed by atoms with Crippen LogP contribution in [0, 0.1) is 5.41 Å². The van der Waals surface area contributed by atoms with Crippen LogP contribution in [0.2, 0.25) is 0 Å². The number of rotatable bonds is 7. The number of Topliss-reactive ketones (excluding diaryl/α,β-unsaturated/α-hetero) is 1. The van der Waals surface area contributed by atoms with Gasteiger partial charge in [0.1, 0.15) is 5.78 Å². The Balaban J connectivity index is 0. The summed E-state index contributed by atoms with van der Waals surface area (Å²) in [6.07, 6.45) is 9.21. The molecule has 0 radical (unpaired) electrons. The summed E-state index contributed by atoms with van der Waals surface area (Å²) in [7, 11) is 0. The van der Waals surface area contributed by atoms with Crippen LogP contribution in [0.5, 0.6) is 0 Å². The van der Waals surface area contributed by atoms with Gasteiger partial charge in [-0.1, -0.05) is 24.3 Å². The summed E-state index contributed by atoms with van der Waals surface area (Å²) in [4.78, 5) is 21.6. The second-order valence-corrected chi connectivity index (χ2v) is 2.98. The summed E-state index contributed by atoms with van der Waals surface area (Å²) in [6, 6.07) is 0. The molecule has 0 fully saturated rings. The zero-order chi connectivity index (χ0) is 13.5. The van der Waals surface area contributed by atoms with Crippen molar-refractivity contribution < 1.29 is 9.59 Å². The largest absolute Gasteiger partial charge is 0.349 e. The van der Waals surface area contributed by atoms with Crippen molar-refractivity contribution >= 4 is 17.9 Å². The molecule has 0 saturated carbocycles. The first kappa shape index (κ1) is 17.4. The molecule has 0 atom stereocenters. The van der Waals surface area contributed by atoms with Gasteiger partial charge in [-0.2, -0.15) is 0 Å². The Hall–Kier alpha value is -1.97. The van der Waals surface area contributed by atoms with Crippen molar-refractivity contribution in [1.29, 1.82) is 5.41 Å². The predicted octanol–water partition coefficient (Wildman–Crippen LogP) is 2.04. The summed E-state index contributed by atoms with van der Waals surface area (Å²) in [5.41, 5.74) is 0. The van der Waals surface area contributed by atoms with E-state index in [1.54, 1.807) is 18.2 Å². The van der Waals surface area contributed by atoms with Crippen molar-refractivity contribution in [3.05, 3.63) is 37.5 Å². The van der Waals surface area contributed by atoms with Crippen molar-refractivity contribution in [3.8, 4) is 0 Å². The molecule has 17 heavy (non-hydrogen) atoms. The van der Waals surface area contributed by atoms with E-state index < -0.39 is 0 Å². The average molecular weight is 236 g/mol. The van der Waals surface area contributed by atoms with E-state index in [-0.39, 0.29) is 24.7 Å². The van der Waals surface area contributed by atoms with Crippen LogP contribution in [0.25, 0.3) is 0 Å². The first-order valence-corrected chi connectivity index (χ1v) is 5.23. The van der Waals surface area contributed by atoms with Crippen molar-refractivity contribution in [1.82, 2.24) is 5.32 Å². The van der Waals surface area contributed by atoms with E-state index in [0.717, 1.165) is 0 Å². The van der Waals surface area contributed by atoms with E-state index in [0.29, 0.717) is 6.42 Å². The Bertz CT molecular complexity index is 294. The number of allylic oxidation sites excluding steroid dienone is 3. The molecule has 0 saturated heterocycles. The minimum Gasteiger partial charge on any atom is -0.349 e. The molecule has 0 unspecified atom stereocenters. The molecule has 0 aliphatic heterocycles. The fourth-order valence-electron chi connectivity index (χ4n) is 0.774. The molecule has 0 bridgehead atoms. The van der Waals surface area contributed by atoms with Crippen molar-refractivity contribution in [2.45, 2.75) is 19.8 Å². The van der Waals surface area contributed by atoms with Crippen LogP contribution in [0.4, 0.5) is 0 Å². The fourth-order valence-corrected chi connectivity index (χ4v) is 0.774. The number of nitrogens with one attached hydrogen (secondary N) is 2. The molecular weight excluding hydrogens is 216 g/mol. The summed E-state index contributed by atoms with van der Waals surface area (Å²) in [6.45, 7) is 7.52. The average Bonchev–Trinajstić information content (AvgIpc) is 2.33. The van der Waals surface area contributed by atoms with Gasteiger partial charge in [-0.3, -0.25) is 9.59 Å². The van der Waals surface area contributed by atoms with Gasteiger partial charge in [0.05, 0.1) is 6.54 Å². The highest BCUT2D eigenvalue weighted by Gasteiger charge is 1.97.